The standard InChI is InChI=1S/C21H19FN6O2/c1-11-2-3-14(22)8-16(11)25-17-9-18(24-15-4-5-15)28-20(26-17)13(10-23-28)6-12-7-19(29)27-21(12)30/h2-3,6,8-10,15,24H,4-5,7H2,1H3,(H,25,26)(H,27,29,30)/b12-6+. The third-order valence-corrected chi connectivity index (χ3v) is 5.12. The maximum atomic E-state index is 13.7. The maximum Gasteiger partial charge on any atom is 0.254 e. The van der Waals surface area contributed by atoms with Crippen molar-refractivity contribution in [3.63, 3.8) is 0 Å². The van der Waals surface area contributed by atoms with Crippen molar-refractivity contribution in [2.45, 2.75) is 32.2 Å². The van der Waals surface area contributed by atoms with Gasteiger partial charge in [-0.05, 0) is 43.5 Å². The van der Waals surface area contributed by atoms with Crippen LogP contribution in [-0.4, -0.2) is 32.5 Å². The smallest absolute Gasteiger partial charge is 0.254 e. The van der Waals surface area contributed by atoms with E-state index in [1.807, 2.05) is 13.0 Å². The molecule has 152 valence electrons. The Labute approximate surface area is 171 Å². The number of nitrogens with zero attached hydrogens (tertiary/aromatic N) is 3. The number of hydrogen-bond donors (Lipinski definition) is 3. The minimum absolute atomic E-state index is 0.0315. The molecule has 2 aromatic heterocycles. The van der Waals surface area contributed by atoms with E-state index in [0.29, 0.717) is 34.3 Å². The monoisotopic (exact) mass is 406 g/mol. The van der Waals surface area contributed by atoms with Gasteiger partial charge in [-0.3, -0.25) is 14.9 Å². The average molecular weight is 406 g/mol. The lowest BCUT2D eigenvalue weighted by Gasteiger charge is -2.13. The third-order valence-electron chi connectivity index (χ3n) is 5.12. The molecule has 3 heterocycles. The topological polar surface area (TPSA) is 100 Å². The van der Waals surface area contributed by atoms with Crippen LogP contribution in [0, 0.1) is 12.7 Å². The summed E-state index contributed by atoms with van der Waals surface area (Å²) in [5, 5.41) is 13.3. The molecule has 0 radical (unpaired) electrons. The van der Waals surface area contributed by atoms with E-state index >= 15 is 0 Å². The quantitative estimate of drug-likeness (QED) is 0.445. The SMILES string of the molecule is Cc1ccc(F)cc1Nc1cc(NC2CC2)n2ncc(/C=C3\CC(=O)NC3=O)c2n1. The van der Waals surface area contributed by atoms with E-state index in [-0.39, 0.29) is 18.1 Å². The van der Waals surface area contributed by atoms with E-state index in [1.165, 1.54) is 12.1 Å². The molecule has 1 saturated carbocycles. The lowest BCUT2D eigenvalue weighted by atomic mass is 10.1. The molecule has 8 nitrogen and oxygen atoms in total. The molecule has 0 atom stereocenters. The number of anilines is 3. The zero-order valence-corrected chi connectivity index (χ0v) is 16.2. The first kappa shape index (κ1) is 18.3. The predicted octanol–water partition coefficient (Wildman–Crippen LogP) is 2.92. The summed E-state index contributed by atoms with van der Waals surface area (Å²) < 4.78 is 15.4. The van der Waals surface area contributed by atoms with Crippen LogP contribution >= 0.6 is 0 Å². The lowest BCUT2D eigenvalue weighted by molar-refractivity contribution is -0.124. The van der Waals surface area contributed by atoms with E-state index in [9.17, 15) is 14.0 Å². The van der Waals surface area contributed by atoms with Crippen molar-refractivity contribution in [3.8, 4) is 0 Å². The highest BCUT2D eigenvalue weighted by atomic mass is 19.1. The van der Waals surface area contributed by atoms with Crippen molar-refractivity contribution < 1.29 is 14.0 Å². The Hall–Kier alpha value is -3.75. The number of amides is 2. The predicted molar refractivity (Wildman–Crippen MR) is 110 cm³/mol. The van der Waals surface area contributed by atoms with Gasteiger partial charge in [-0.25, -0.2) is 9.37 Å². The molecule has 0 bridgehead atoms. The minimum Gasteiger partial charge on any atom is -0.367 e. The summed E-state index contributed by atoms with van der Waals surface area (Å²) in [4.78, 5) is 28.1. The van der Waals surface area contributed by atoms with Gasteiger partial charge in [0.05, 0.1) is 12.6 Å². The first-order valence-corrected chi connectivity index (χ1v) is 9.69. The number of rotatable bonds is 5. The molecular formula is C21H19FN6O2. The Morgan fingerprint density at radius 1 is 1.27 bits per heavy atom. The van der Waals surface area contributed by atoms with E-state index in [1.54, 1.807) is 22.9 Å². The van der Waals surface area contributed by atoms with Crippen molar-refractivity contribution >= 4 is 40.9 Å². The van der Waals surface area contributed by atoms with Crippen molar-refractivity contribution in [3.05, 3.63) is 53.0 Å². The normalized spacial score (nSPS) is 17.6. The first-order valence-electron chi connectivity index (χ1n) is 9.69. The molecule has 1 aliphatic heterocycles. The largest absolute Gasteiger partial charge is 0.367 e. The van der Waals surface area contributed by atoms with Crippen LogP contribution in [0.4, 0.5) is 21.7 Å². The first-order chi connectivity index (χ1) is 14.5. The summed E-state index contributed by atoms with van der Waals surface area (Å²) >= 11 is 0. The summed E-state index contributed by atoms with van der Waals surface area (Å²) in [6, 6.07) is 6.73. The van der Waals surface area contributed by atoms with Gasteiger partial charge in [0.25, 0.3) is 5.91 Å². The summed E-state index contributed by atoms with van der Waals surface area (Å²) in [5.41, 5.74) is 3.01. The van der Waals surface area contributed by atoms with Gasteiger partial charge in [-0.1, -0.05) is 6.07 Å². The van der Waals surface area contributed by atoms with Crippen molar-refractivity contribution in [2.24, 2.45) is 0 Å². The van der Waals surface area contributed by atoms with Crippen molar-refractivity contribution in [2.75, 3.05) is 10.6 Å². The molecule has 3 N–H and O–H groups in total. The number of imide groups is 1. The molecular weight excluding hydrogens is 387 g/mol. The highest BCUT2D eigenvalue weighted by Gasteiger charge is 2.25. The Kier molecular flexibility index (Phi) is 4.23. The Balaban J connectivity index is 1.59. The fourth-order valence-electron chi connectivity index (χ4n) is 3.36. The van der Waals surface area contributed by atoms with Gasteiger partial charge in [-0.2, -0.15) is 9.61 Å². The second-order valence-electron chi connectivity index (χ2n) is 7.59. The number of aryl methyl sites for hydroxylation is 1. The molecule has 30 heavy (non-hydrogen) atoms. The summed E-state index contributed by atoms with van der Waals surface area (Å²) in [5.74, 6) is 0.199. The molecule has 2 aliphatic rings. The van der Waals surface area contributed by atoms with Crippen LogP contribution in [0.1, 0.15) is 30.4 Å². The highest BCUT2D eigenvalue weighted by molar-refractivity contribution is 6.15. The van der Waals surface area contributed by atoms with Crippen LogP contribution in [0.3, 0.4) is 0 Å². The Morgan fingerprint density at radius 3 is 2.83 bits per heavy atom. The van der Waals surface area contributed by atoms with Gasteiger partial charge >= 0.3 is 0 Å². The molecule has 1 saturated heterocycles. The van der Waals surface area contributed by atoms with Gasteiger partial charge in [0.15, 0.2) is 5.65 Å². The van der Waals surface area contributed by atoms with Crippen LogP contribution in [0.2, 0.25) is 0 Å². The van der Waals surface area contributed by atoms with Crippen LogP contribution in [0.15, 0.2) is 36.0 Å². The highest BCUT2D eigenvalue weighted by Crippen LogP contribution is 2.29. The number of carbonyl (C=O) groups is 2. The van der Waals surface area contributed by atoms with Crippen LogP contribution < -0.4 is 16.0 Å². The lowest BCUT2D eigenvalue weighted by Crippen LogP contribution is -2.19. The van der Waals surface area contributed by atoms with Gasteiger partial charge in [0.1, 0.15) is 17.5 Å². The molecule has 9 heteroatoms. The second-order valence-corrected chi connectivity index (χ2v) is 7.59. The van der Waals surface area contributed by atoms with E-state index < -0.39 is 5.91 Å². The maximum absolute atomic E-state index is 13.7. The fourth-order valence-corrected chi connectivity index (χ4v) is 3.36. The number of aromatic nitrogens is 3. The third kappa shape index (κ3) is 3.49. The summed E-state index contributed by atoms with van der Waals surface area (Å²) in [7, 11) is 0. The zero-order valence-electron chi connectivity index (χ0n) is 16.2. The van der Waals surface area contributed by atoms with Crippen molar-refractivity contribution in [1.29, 1.82) is 0 Å². The molecule has 3 aromatic rings. The van der Waals surface area contributed by atoms with Gasteiger partial charge in [0, 0.05) is 28.9 Å². The van der Waals surface area contributed by atoms with E-state index in [2.05, 4.69) is 26.0 Å². The zero-order chi connectivity index (χ0) is 20.8. The van der Waals surface area contributed by atoms with E-state index in [0.717, 1.165) is 24.2 Å². The van der Waals surface area contributed by atoms with Gasteiger partial charge < -0.3 is 10.6 Å². The summed E-state index contributed by atoms with van der Waals surface area (Å²) in [6.07, 6.45) is 5.43. The number of nitrogens with one attached hydrogen (secondary N) is 3. The average Bonchev–Trinajstić information content (AvgIpc) is 3.34. The number of benzene rings is 1. The number of carbonyl (C=O) groups excluding carboxylic acids is 2. The second kappa shape index (κ2) is 6.94. The van der Waals surface area contributed by atoms with Crippen molar-refractivity contribution in [1.82, 2.24) is 19.9 Å². The number of halogens is 1. The van der Waals surface area contributed by atoms with Crippen LogP contribution in [-0.2, 0) is 9.59 Å². The Morgan fingerprint density at radius 2 is 2.10 bits per heavy atom. The Bertz CT molecular complexity index is 1230. The van der Waals surface area contributed by atoms with E-state index in [4.69, 9.17) is 0 Å². The molecule has 0 spiro atoms. The van der Waals surface area contributed by atoms with Gasteiger partial charge in [-0.15, -0.1) is 0 Å². The fraction of sp³-hybridized carbons (Fsp3) is 0.238. The molecule has 5 rings (SSSR count). The molecule has 2 amide bonds. The molecule has 1 aliphatic carbocycles. The molecule has 1 aromatic carbocycles. The van der Waals surface area contributed by atoms with Crippen LogP contribution in [0.5, 0.6) is 0 Å². The molecule has 0 unspecified atom stereocenters. The van der Waals surface area contributed by atoms with Crippen LogP contribution in [0.25, 0.3) is 11.7 Å². The number of hydrogen-bond acceptors (Lipinski definition) is 6. The minimum atomic E-state index is -0.402. The molecule has 2 fully saturated rings. The number of fused-ring (bicyclic) bond motifs is 1. The van der Waals surface area contributed by atoms with Gasteiger partial charge in [0.2, 0.25) is 5.91 Å². The summed E-state index contributed by atoms with van der Waals surface area (Å²) in [6.45, 7) is 1.88.